The van der Waals surface area contributed by atoms with Gasteiger partial charge in [-0.3, -0.25) is 14.5 Å². The van der Waals surface area contributed by atoms with E-state index in [1.165, 1.54) is 7.11 Å². The van der Waals surface area contributed by atoms with Crippen molar-refractivity contribution in [2.45, 2.75) is 83.1 Å². The molecule has 6 N–H and O–H groups in total. The molecule has 1 spiro atoms. The van der Waals surface area contributed by atoms with Gasteiger partial charge in [0.2, 0.25) is 5.78 Å². The fourth-order valence-electron chi connectivity index (χ4n) is 10.1. The van der Waals surface area contributed by atoms with E-state index in [-0.39, 0.29) is 17.6 Å². The largest absolute Gasteiger partial charge is 0.510 e. The molecule has 0 radical (unpaired) electrons. The molecule has 278 valence electrons. The first-order valence-corrected chi connectivity index (χ1v) is 17.8. The number of hydrogen-bond donors (Lipinski definition) is 5. The number of benzene rings is 2. The van der Waals surface area contributed by atoms with Crippen molar-refractivity contribution in [1.29, 1.82) is 0 Å². The monoisotopic (exact) mass is 707 g/mol. The Morgan fingerprint density at radius 1 is 1.10 bits per heavy atom. The van der Waals surface area contributed by atoms with E-state index in [2.05, 4.69) is 45.6 Å². The summed E-state index contributed by atoms with van der Waals surface area (Å²) in [6, 6.07) is 0.614. The molecule has 0 saturated carbocycles. The van der Waals surface area contributed by atoms with E-state index < -0.39 is 64.0 Å². The van der Waals surface area contributed by atoms with E-state index in [0.717, 1.165) is 42.6 Å². The Kier molecular flexibility index (Phi) is 9.29. The molecular weight excluding hydrogens is 654 g/mol. The van der Waals surface area contributed by atoms with E-state index >= 15 is 4.79 Å². The molecule has 12 nitrogen and oxygen atoms in total. The maximum Gasteiger partial charge on any atom is 0.250 e. The number of carbonyl (C=O) groups is 2. The summed E-state index contributed by atoms with van der Waals surface area (Å²) >= 11 is 0. The Morgan fingerprint density at radius 3 is 2.31 bits per heavy atom. The van der Waals surface area contributed by atoms with Gasteiger partial charge in [-0.25, -0.2) is 0 Å². The average Bonchev–Trinajstić information content (AvgIpc) is 3.43. The Bertz CT molecular complexity index is 1860. The van der Waals surface area contributed by atoms with E-state index in [4.69, 9.17) is 19.9 Å². The predicted molar refractivity (Wildman–Crippen MR) is 192 cm³/mol. The number of amides is 1. The summed E-state index contributed by atoms with van der Waals surface area (Å²) in [4.78, 5) is 31.4. The number of rotatable bonds is 10. The predicted octanol–water partition coefficient (Wildman–Crippen LogP) is 3.67. The van der Waals surface area contributed by atoms with Gasteiger partial charge in [-0.2, -0.15) is 0 Å². The summed E-state index contributed by atoms with van der Waals surface area (Å²) in [5.41, 5.74) is 4.25. The Labute approximate surface area is 299 Å². The van der Waals surface area contributed by atoms with Gasteiger partial charge in [0.15, 0.2) is 5.60 Å². The molecule has 4 aliphatic rings. The van der Waals surface area contributed by atoms with Crippen molar-refractivity contribution in [3.05, 3.63) is 51.3 Å². The topological polar surface area (TPSA) is 175 Å². The molecule has 1 amide bonds. The highest BCUT2D eigenvalue weighted by Gasteiger charge is 2.67. The zero-order chi connectivity index (χ0) is 37.5. The fraction of sp³-hybridized carbons (Fsp3) is 0.590. The number of primary amides is 1. The van der Waals surface area contributed by atoms with Crippen LogP contribution in [0.5, 0.6) is 17.2 Å². The first kappa shape index (κ1) is 37.1. The molecule has 0 fully saturated rings. The van der Waals surface area contributed by atoms with Crippen molar-refractivity contribution in [2.75, 3.05) is 54.6 Å². The van der Waals surface area contributed by atoms with Crippen molar-refractivity contribution in [3.8, 4) is 17.2 Å². The fourth-order valence-corrected chi connectivity index (χ4v) is 10.1. The van der Waals surface area contributed by atoms with Gasteiger partial charge in [0.25, 0.3) is 5.91 Å². The zero-order valence-corrected chi connectivity index (χ0v) is 31.2. The number of nitrogens with two attached hydrogens (primary N) is 1. The summed E-state index contributed by atoms with van der Waals surface area (Å²) in [5.74, 6) is -3.56. The number of ketones is 1. The molecule has 2 aromatic carbocycles. The average molecular weight is 708 g/mol. The normalized spacial score (nSPS) is 29.5. The maximum absolute atomic E-state index is 15.0. The third-order valence-corrected chi connectivity index (χ3v) is 12.7. The van der Waals surface area contributed by atoms with Gasteiger partial charge < -0.3 is 45.3 Å². The van der Waals surface area contributed by atoms with Crippen LogP contribution in [0.1, 0.15) is 80.6 Å². The summed E-state index contributed by atoms with van der Waals surface area (Å²) in [5, 5.41) is 49.2. The molecule has 51 heavy (non-hydrogen) atoms. The highest BCUT2D eigenvalue weighted by Crippen LogP contribution is 2.66. The first-order valence-electron chi connectivity index (χ1n) is 17.8. The molecule has 0 bridgehead atoms. The van der Waals surface area contributed by atoms with E-state index in [9.17, 15) is 25.2 Å². The number of nitrogens with zero attached hydrogens (tertiary/aromatic N) is 2. The molecule has 0 aromatic heterocycles. The van der Waals surface area contributed by atoms with Gasteiger partial charge in [-0.15, -0.1) is 0 Å². The third kappa shape index (κ3) is 4.83. The van der Waals surface area contributed by atoms with E-state index in [1.54, 1.807) is 32.2 Å². The van der Waals surface area contributed by atoms with Crippen LogP contribution in [0.15, 0.2) is 29.0 Å². The lowest BCUT2D eigenvalue weighted by Gasteiger charge is -2.53. The molecule has 4 aliphatic carbocycles. The number of methoxy groups -OCH3 is 2. The van der Waals surface area contributed by atoms with Crippen LogP contribution in [0.25, 0.3) is 10.8 Å². The highest BCUT2D eigenvalue weighted by molar-refractivity contribution is 6.16. The maximum atomic E-state index is 15.0. The number of likely N-dealkylation sites (N-methyl/N-ethyl adjacent to an activating group) is 2. The molecule has 6 atom stereocenters. The second-order valence-corrected chi connectivity index (χ2v) is 15.4. The van der Waals surface area contributed by atoms with Gasteiger partial charge in [0.05, 0.1) is 41.7 Å². The Hall–Kier alpha value is -3.68. The number of phenolic OH excluding ortho intramolecular Hbond substituents is 1. The Balaban J connectivity index is 1.74. The summed E-state index contributed by atoms with van der Waals surface area (Å²) in [6.07, 6.45) is 1.10. The molecule has 2 aromatic rings. The van der Waals surface area contributed by atoms with Crippen molar-refractivity contribution in [2.24, 2.45) is 17.1 Å². The standard InChI is InChI=1S/C39H53N3O9/c1-10-42(11-2)15-16-51-21-17-22(49-8)28-23-20(18-38(28)19(3)13-12-14-37(38,4)5)24-26(31(43)25(21)23)34(45)39(48)29(33(24)50-9)30(41(6)7)32(44)27(35(39)46)36(40)47/h13,17,29-30,33,35,43-44,46,48H,10-12,14-16,18H2,1-9H3,(H2,40,47)/t29-,30+,33-,35-,38+,39+/m1/s1. The number of fused-ring (bicyclic) bond motifs is 4. The number of carbonyl (C=O) groups excluding carboxylic acids is 2. The Morgan fingerprint density at radius 2 is 1.76 bits per heavy atom. The van der Waals surface area contributed by atoms with Gasteiger partial charge in [0.1, 0.15) is 35.7 Å². The van der Waals surface area contributed by atoms with Crippen LogP contribution in [-0.2, 0) is 21.4 Å². The number of Topliss-reactive ketones (excluding diaryl/α,β-unsaturated/α-hetero) is 1. The number of aliphatic hydroxyl groups excluding tert-OH is 2. The third-order valence-electron chi connectivity index (χ3n) is 12.7. The van der Waals surface area contributed by atoms with Crippen LogP contribution in [-0.4, -0.2) is 114 Å². The van der Waals surface area contributed by atoms with Crippen LogP contribution in [0.4, 0.5) is 0 Å². The van der Waals surface area contributed by atoms with Gasteiger partial charge in [-0.1, -0.05) is 39.3 Å². The van der Waals surface area contributed by atoms with Crippen LogP contribution >= 0.6 is 0 Å². The lowest BCUT2D eigenvalue weighted by molar-refractivity contribution is -0.151. The minimum absolute atomic E-state index is 0.220. The van der Waals surface area contributed by atoms with E-state index in [1.807, 2.05) is 0 Å². The van der Waals surface area contributed by atoms with Crippen molar-refractivity contribution in [1.82, 2.24) is 9.80 Å². The number of aromatic hydroxyl groups is 1. The molecule has 12 heteroatoms. The summed E-state index contributed by atoms with van der Waals surface area (Å²) in [7, 11) is 6.30. The molecule has 0 aliphatic heterocycles. The molecule has 6 rings (SSSR count). The minimum Gasteiger partial charge on any atom is -0.510 e. The molecule has 0 saturated heterocycles. The van der Waals surface area contributed by atoms with Gasteiger partial charge >= 0.3 is 0 Å². The molecule has 0 heterocycles. The van der Waals surface area contributed by atoms with Gasteiger partial charge in [-0.05, 0) is 69.9 Å². The quantitative estimate of drug-likeness (QED) is 0.228. The lowest BCUT2D eigenvalue weighted by Crippen LogP contribution is -2.69. The van der Waals surface area contributed by atoms with Crippen molar-refractivity contribution >= 4 is 22.5 Å². The van der Waals surface area contributed by atoms with Crippen LogP contribution in [0, 0.1) is 11.3 Å². The van der Waals surface area contributed by atoms with Gasteiger partial charge in [0, 0.05) is 36.1 Å². The minimum atomic E-state index is -2.72. The summed E-state index contributed by atoms with van der Waals surface area (Å²) in [6.45, 7) is 13.3. The molecule has 0 unspecified atom stereocenters. The van der Waals surface area contributed by atoms with Crippen molar-refractivity contribution < 1.29 is 44.2 Å². The van der Waals surface area contributed by atoms with Crippen LogP contribution in [0.2, 0.25) is 0 Å². The molecular formula is C39H53N3O9. The second kappa shape index (κ2) is 12.8. The van der Waals surface area contributed by atoms with Crippen LogP contribution < -0.4 is 15.2 Å². The highest BCUT2D eigenvalue weighted by atomic mass is 16.5. The smallest absolute Gasteiger partial charge is 0.250 e. The SMILES string of the molecule is CCN(CC)CCOc1cc(OC)c2c3c(c4c(c(O)c13)C(=O)[C@@]1(O)[C@@H]([C@@H]4OC)[C@H](N(C)C)C(O)=C(C(N)=O)[C@H]1O)C[C@]21C(C)=CCCC1(C)C. The zero-order valence-electron chi connectivity index (χ0n) is 31.2. The number of aliphatic hydroxyl groups is 3. The number of allylic oxidation sites excluding steroid dienone is 2. The van der Waals surface area contributed by atoms with E-state index in [0.29, 0.717) is 40.8 Å². The number of hydrogen-bond acceptors (Lipinski definition) is 11. The first-order chi connectivity index (χ1) is 24.0. The lowest BCUT2D eigenvalue weighted by atomic mass is 9.54. The van der Waals surface area contributed by atoms with Crippen molar-refractivity contribution in [3.63, 3.8) is 0 Å². The summed E-state index contributed by atoms with van der Waals surface area (Å²) < 4.78 is 18.8. The second-order valence-electron chi connectivity index (χ2n) is 15.4. The van der Waals surface area contributed by atoms with Crippen LogP contribution in [0.3, 0.4) is 0 Å². The number of ether oxygens (including phenoxy) is 3. The number of phenols is 1.